The van der Waals surface area contributed by atoms with Crippen molar-refractivity contribution in [3.8, 4) is 0 Å². The van der Waals surface area contributed by atoms with Gasteiger partial charge in [0, 0.05) is 4.47 Å². The zero-order valence-electron chi connectivity index (χ0n) is 10.4. The summed E-state index contributed by atoms with van der Waals surface area (Å²) in [4.78, 5) is 16.1. The van der Waals surface area contributed by atoms with Gasteiger partial charge in [-0.3, -0.25) is 4.79 Å². The number of carbonyl (C=O) groups excluding carboxylic acids is 1. The number of oxazole rings is 1. The normalized spacial score (nSPS) is 12.2. The Bertz CT molecular complexity index is 612. The fourth-order valence-electron chi connectivity index (χ4n) is 1.58. The maximum atomic E-state index is 13.1. The number of nitrogens with one attached hydrogen (secondary N) is 1. The van der Waals surface area contributed by atoms with Crippen molar-refractivity contribution in [1.82, 2.24) is 10.3 Å². The Hall–Kier alpha value is -1.69. The third kappa shape index (κ3) is 3.20. The predicted octanol–water partition coefficient (Wildman–Crippen LogP) is 3.38. The van der Waals surface area contributed by atoms with Gasteiger partial charge in [0.2, 0.25) is 5.89 Å². The fourth-order valence-corrected chi connectivity index (χ4v) is 2.01. The lowest BCUT2D eigenvalue weighted by Crippen LogP contribution is -2.27. The van der Waals surface area contributed by atoms with Crippen molar-refractivity contribution in [2.45, 2.75) is 19.9 Å². The summed E-state index contributed by atoms with van der Waals surface area (Å²) in [6.07, 6.45) is 1.58. The van der Waals surface area contributed by atoms with Crippen LogP contribution in [0, 0.1) is 12.7 Å². The summed E-state index contributed by atoms with van der Waals surface area (Å²) in [6.45, 7) is 3.52. The van der Waals surface area contributed by atoms with Crippen LogP contribution in [0.4, 0.5) is 4.39 Å². The van der Waals surface area contributed by atoms with E-state index in [1.165, 1.54) is 18.2 Å². The molecule has 0 saturated heterocycles. The number of hydrogen-bond donors (Lipinski definition) is 1. The fraction of sp³-hybridized carbons (Fsp3) is 0.231. The molecule has 4 nitrogen and oxygen atoms in total. The summed E-state index contributed by atoms with van der Waals surface area (Å²) >= 11 is 3.21. The molecule has 1 atom stereocenters. The summed E-state index contributed by atoms with van der Waals surface area (Å²) in [7, 11) is 0. The standard InChI is InChI=1S/C13H12BrFN2O2/c1-7-6-16-13(19-7)8(2)17-12(18)10-5-9(15)3-4-11(10)14/h3-6,8H,1-2H3,(H,17,18). The van der Waals surface area contributed by atoms with E-state index in [2.05, 4.69) is 26.2 Å². The van der Waals surface area contributed by atoms with Crippen LogP contribution < -0.4 is 5.32 Å². The van der Waals surface area contributed by atoms with E-state index in [0.29, 0.717) is 16.1 Å². The van der Waals surface area contributed by atoms with Gasteiger partial charge in [-0.05, 0) is 48.0 Å². The highest BCUT2D eigenvalue weighted by molar-refractivity contribution is 9.10. The van der Waals surface area contributed by atoms with Crippen LogP contribution in [0.5, 0.6) is 0 Å². The highest BCUT2D eigenvalue weighted by atomic mass is 79.9. The molecule has 6 heteroatoms. The lowest BCUT2D eigenvalue weighted by molar-refractivity contribution is 0.0932. The molecule has 0 radical (unpaired) electrons. The quantitative estimate of drug-likeness (QED) is 0.940. The van der Waals surface area contributed by atoms with E-state index in [0.717, 1.165) is 0 Å². The largest absolute Gasteiger partial charge is 0.444 e. The van der Waals surface area contributed by atoms with Crippen LogP contribution in [0.2, 0.25) is 0 Å². The van der Waals surface area contributed by atoms with E-state index < -0.39 is 17.8 Å². The summed E-state index contributed by atoms with van der Waals surface area (Å²) < 4.78 is 19.0. The van der Waals surface area contributed by atoms with Crippen molar-refractivity contribution in [3.05, 3.63) is 51.9 Å². The monoisotopic (exact) mass is 326 g/mol. The lowest BCUT2D eigenvalue weighted by atomic mass is 10.2. The maximum Gasteiger partial charge on any atom is 0.253 e. The number of aromatic nitrogens is 1. The molecule has 0 aliphatic carbocycles. The van der Waals surface area contributed by atoms with Crippen LogP contribution in [-0.2, 0) is 0 Å². The van der Waals surface area contributed by atoms with Crippen LogP contribution >= 0.6 is 15.9 Å². The Morgan fingerprint density at radius 1 is 1.53 bits per heavy atom. The third-order valence-corrected chi connectivity index (χ3v) is 3.22. The van der Waals surface area contributed by atoms with Gasteiger partial charge in [-0.25, -0.2) is 9.37 Å². The average Bonchev–Trinajstić information content (AvgIpc) is 2.79. The number of aryl methyl sites for hydroxylation is 1. The zero-order valence-corrected chi connectivity index (χ0v) is 12.0. The Morgan fingerprint density at radius 3 is 2.89 bits per heavy atom. The smallest absolute Gasteiger partial charge is 0.253 e. The predicted molar refractivity (Wildman–Crippen MR) is 71.2 cm³/mol. The lowest BCUT2D eigenvalue weighted by Gasteiger charge is -2.11. The topological polar surface area (TPSA) is 55.1 Å². The Balaban J connectivity index is 2.15. The molecule has 19 heavy (non-hydrogen) atoms. The molecule has 1 N–H and O–H groups in total. The molecule has 100 valence electrons. The molecule has 1 aromatic heterocycles. The number of rotatable bonds is 3. The van der Waals surface area contributed by atoms with Crippen molar-refractivity contribution in [2.75, 3.05) is 0 Å². The van der Waals surface area contributed by atoms with Crippen LogP contribution in [0.25, 0.3) is 0 Å². The summed E-state index contributed by atoms with van der Waals surface area (Å²) in [6, 6.07) is 3.55. The molecule has 0 spiro atoms. The summed E-state index contributed by atoms with van der Waals surface area (Å²) in [5.74, 6) is 0.226. The number of carbonyl (C=O) groups is 1. The summed E-state index contributed by atoms with van der Waals surface area (Å²) in [5, 5.41) is 2.70. The van der Waals surface area contributed by atoms with Gasteiger partial charge in [0.25, 0.3) is 5.91 Å². The van der Waals surface area contributed by atoms with Crippen molar-refractivity contribution >= 4 is 21.8 Å². The Labute approximate surface area is 118 Å². The number of hydrogen-bond acceptors (Lipinski definition) is 3. The molecule has 0 saturated carbocycles. The molecule has 0 aliphatic rings. The molecule has 0 bridgehead atoms. The zero-order chi connectivity index (χ0) is 14.0. The van der Waals surface area contributed by atoms with Crippen molar-refractivity contribution in [1.29, 1.82) is 0 Å². The molecule has 1 aromatic carbocycles. The highest BCUT2D eigenvalue weighted by Crippen LogP contribution is 2.19. The molecular weight excluding hydrogens is 315 g/mol. The first-order valence-corrected chi connectivity index (χ1v) is 6.45. The van der Waals surface area contributed by atoms with E-state index in [-0.39, 0.29) is 5.56 Å². The van der Waals surface area contributed by atoms with Gasteiger partial charge < -0.3 is 9.73 Å². The minimum atomic E-state index is -0.465. The third-order valence-electron chi connectivity index (χ3n) is 2.53. The van der Waals surface area contributed by atoms with Crippen molar-refractivity contribution in [3.63, 3.8) is 0 Å². The van der Waals surface area contributed by atoms with Crippen LogP contribution in [0.15, 0.2) is 33.3 Å². The summed E-state index contributed by atoms with van der Waals surface area (Å²) in [5.41, 5.74) is 0.232. The molecule has 1 amide bonds. The van der Waals surface area contributed by atoms with Gasteiger partial charge in [0.15, 0.2) is 0 Å². The molecule has 1 heterocycles. The molecule has 2 rings (SSSR count). The van der Waals surface area contributed by atoms with Gasteiger partial charge in [-0.15, -0.1) is 0 Å². The second-order valence-corrected chi connectivity index (χ2v) is 4.98. The average molecular weight is 327 g/mol. The first-order valence-electron chi connectivity index (χ1n) is 5.65. The minimum absolute atomic E-state index is 0.232. The molecule has 1 unspecified atom stereocenters. The molecule has 0 fully saturated rings. The van der Waals surface area contributed by atoms with Gasteiger partial charge in [-0.2, -0.15) is 0 Å². The molecule has 0 aliphatic heterocycles. The van der Waals surface area contributed by atoms with Crippen LogP contribution in [0.1, 0.15) is 35.0 Å². The van der Waals surface area contributed by atoms with Gasteiger partial charge in [0.05, 0.1) is 11.8 Å². The van der Waals surface area contributed by atoms with Gasteiger partial charge >= 0.3 is 0 Å². The number of benzene rings is 1. The van der Waals surface area contributed by atoms with E-state index in [9.17, 15) is 9.18 Å². The van der Waals surface area contributed by atoms with E-state index >= 15 is 0 Å². The van der Waals surface area contributed by atoms with Crippen molar-refractivity contribution < 1.29 is 13.6 Å². The van der Waals surface area contributed by atoms with E-state index in [4.69, 9.17) is 4.42 Å². The van der Waals surface area contributed by atoms with E-state index in [1.54, 1.807) is 20.0 Å². The Morgan fingerprint density at radius 2 is 2.26 bits per heavy atom. The Kier molecular flexibility index (Phi) is 3.99. The van der Waals surface area contributed by atoms with Crippen LogP contribution in [0.3, 0.4) is 0 Å². The first kappa shape index (κ1) is 13.7. The maximum absolute atomic E-state index is 13.1. The van der Waals surface area contributed by atoms with Crippen LogP contribution in [-0.4, -0.2) is 10.9 Å². The second kappa shape index (κ2) is 5.52. The first-order chi connectivity index (χ1) is 8.97. The number of amides is 1. The molecule has 2 aromatic rings. The second-order valence-electron chi connectivity index (χ2n) is 4.13. The number of halogens is 2. The SMILES string of the molecule is Cc1cnc(C(C)NC(=O)c2cc(F)ccc2Br)o1. The van der Waals surface area contributed by atoms with Gasteiger partial charge in [-0.1, -0.05) is 0 Å². The highest BCUT2D eigenvalue weighted by Gasteiger charge is 2.17. The number of nitrogens with zero attached hydrogens (tertiary/aromatic N) is 1. The molecular formula is C13H12BrFN2O2. The van der Waals surface area contributed by atoms with E-state index in [1.807, 2.05) is 0 Å². The van der Waals surface area contributed by atoms with Gasteiger partial charge in [0.1, 0.15) is 17.6 Å². The van der Waals surface area contributed by atoms with Crippen molar-refractivity contribution in [2.24, 2.45) is 0 Å². The minimum Gasteiger partial charge on any atom is -0.444 e.